The highest BCUT2D eigenvalue weighted by molar-refractivity contribution is 7.91. The average molecular weight is 404 g/mol. The molecule has 2 aromatic rings. The van der Waals surface area contributed by atoms with E-state index in [2.05, 4.69) is 5.32 Å². The normalized spacial score (nSPS) is 13.3. The van der Waals surface area contributed by atoms with Gasteiger partial charge in [0, 0.05) is 6.04 Å². The van der Waals surface area contributed by atoms with Gasteiger partial charge in [-0.05, 0) is 55.2 Å². The molecule has 0 aliphatic heterocycles. The van der Waals surface area contributed by atoms with Crippen molar-refractivity contribution in [2.24, 2.45) is 0 Å². The van der Waals surface area contributed by atoms with Crippen molar-refractivity contribution in [1.29, 1.82) is 5.26 Å². The standard InChI is InChI=1S/C20H21FN2O4S/c1-14(17-6-2-16(13-22)3-7-17)28(26,27)11-10-19(23-20(24)25)12-15-4-8-18(21)9-5-15/h2-9,14,19,23H,10-12H2,1H3,(H,24,25). The van der Waals surface area contributed by atoms with E-state index in [0.29, 0.717) is 16.7 Å². The first-order valence-corrected chi connectivity index (χ1v) is 10.4. The van der Waals surface area contributed by atoms with E-state index in [-0.39, 0.29) is 18.6 Å². The Hall–Kier alpha value is -2.92. The monoisotopic (exact) mass is 404 g/mol. The fourth-order valence-corrected chi connectivity index (χ4v) is 4.36. The van der Waals surface area contributed by atoms with Crippen LogP contribution in [-0.2, 0) is 16.3 Å². The minimum Gasteiger partial charge on any atom is -0.465 e. The van der Waals surface area contributed by atoms with E-state index >= 15 is 0 Å². The first-order valence-electron chi connectivity index (χ1n) is 8.67. The van der Waals surface area contributed by atoms with Crippen molar-refractivity contribution in [2.45, 2.75) is 31.1 Å². The molecule has 0 aliphatic rings. The van der Waals surface area contributed by atoms with Gasteiger partial charge in [-0.15, -0.1) is 0 Å². The Morgan fingerprint density at radius 1 is 1.18 bits per heavy atom. The Balaban J connectivity index is 2.07. The fourth-order valence-electron chi connectivity index (χ4n) is 2.82. The maximum Gasteiger partial charge on any atom is 0.404 e. The van der Waals surface area contributed by atoms with Gasteiger partial charge in [-0.25, -0.2) is 17.6 Å². The summed E-state index contributed by atoms with van der Waals surface area (Å²) in [6.07, 6.45) is -0.898. The molecule has 0 heterocycles. The lowest BCUT2D eigenvalue weighted by Gasteiger charge is -2.19. The number of hydrogen-bond acceptors (Lipinski definition) is 4. The van der Waals surface area contributed by atoms with Crippen LogP contribution in [-0.4, -0.2) is 31.4 Å². The van der Waals surface area contributed by atoms with Crippen molar-refractivity contribution < 1.29 is 22.7 Å². The summed E-state index contributed by atoms with van der Waals surface area (Å²) < 4.78 is 38.4. The number of nitrogens with one attached hydrogen (secondary N) is 1. The molecule has 8 heteroatoms. The molecule has 0 radical (unpaired) electrons. The maximum atomic E-state index is 13.0. The van der Waals surface area contributed by atoms with Gasteiger partial charge in [0.1, 0.15) is 5.82 Å². The first kappa shape index (κ1) is 21.4. The summed E-state index contributed by atoms with van der Waals surface area (Å²) in [4.78, 5) is 11.0. The highest BCUT2D eigenvalue weighted by Gasteiger charge is 2.24. The second-order valence-electron chi connectivity index (χ2n) is 6.51. The number of benzene rings is 2. The van der Waals surface area contributed by atoms with Gasteiger partial charge in [0.05, 0.1) is 22.6 Å². The smallest absolute Gasteiger partial charge is 0.404 e. The molecule has 2 aromatic carbocycles. The molecular formula is C20H21FN2O4S. The van der Waals surface area contributed by atoms with E-state index in [4.69, 9.17) is 10.4 Å². The van der Waals surface area contributed by atoms with Gasteiger partial charge in [0.2, 0.25) is 0 Å². The number of halogens is 1. The van der Waals surface area contributed by atoms with Crippen molar-refractivity contribution >= 4 is 15.9 Å². The third-order valence-corrected chi connectivity index (χ3v) is 6.68. The lowest BCUT2D eigenvalue weighted by molar-refractivity contribution is 0.189. The van der Waals surface area contributed by atoms with Crippen LogP contribution in [0.1, 0.15) is 35.3 Å². The van der Waals surface area contributed by atoms with Gasteiger partial charge < -0.3 is 10.4 Å². The summed E-state index contributed by atoms with van der Waals surface area (Å²) >= 11 is 0. The minimum absolute atomic E-state index is 0.0899. The van der Waals surface area contributed by atoms with Gasteiger partial charge in [-0.2, -0.15) is 5.26 Å². The lowest BCUT2D eigenvalue weighted by atomic mass is 10.0. The van der Waals surface area contributed by atoms with E-state index in [0.717, 1.165) is 0 Å². The molecule has 0 fully saturated rings. The van der Waals surface area contributed by atoms with Crippen LogP contribution in [0.2, 0.25) is 0 Å². The lowest BCUT2D eigenvalue weighted by Crippen LogP contribution is -2.37. The predicted octanol–water partition coefficient (Wildman–Crippen LogP) is 3.44. The van der Waals surface area contributed by atoms with Crippen LogP contribution in [0.25, 0.3) is 0 Å². The summed E-state index contributed by atoms with van der Waals surface area (Å²) in [5.41, 5.74) is 1.72. The molecule has 0 aliphatic carbocycles. The summed E-state index contributed by atoms with van der Waals surface area (Å²) in [6, 6.07) is 13.3. The van der Waals surface area contributed by atoms with E-state index in [9.17, 15) is 17.6 Å². The van der Waals surface area contributed by atoms with Gasteiger partial charge in [-0.1, -0.05) is 24.3 Å². The number of carboxylic acid groups (broad SMARTS) is 1. The van der Waals surface area contributed by atoms with E-state index < -0.39 is 33.0 Å². The zero-order chi connectivity index (χ0) is 20.7. The van der Waals surface area contributed by atoms with Crippen LogP contribution >= 0.6 is 0 Å². The third kappa shape index (κ3) is 6.06. The van der Waals surface area contributed by atoms with Crippen molar-refractivity contribution in [3.63, 3.8) is 0 Å². The highest BCUT2D eigenvalue weighted by atomic mass is 32.2. The van der Waals surface area contributed by atoms with Crippen molar-refractivity contribution in [3.05, 3.63) is 71.0 Å². The summed E-state index contributed by atoms with van der Waals surface area (Å²) in [6.45, 7) is 1.57. The van der Waals surface area contributed by atoms with Crippen molar-refractivity contribution in [2.75, 3.05) is 5.75 Å². The van der Waals surface area contributed by atoms with Gasteiger partial charge in [0.15, 0.2) is 9.84 Å². The number of carbonyl (C=O) groups is 1. The second kappa shape index (κ2) is 9.33. The second-order valence-corrected chi connectivity index (χ2v) is 8.95. The molecule has 0 saturated heterocycles. The average Bonchev–Trinajstić information content (AvgIpc) is 2.67. The van der Waals surface area contributed by atoms with Crippen LogP contribution in [0, 0.1) is 17.1 Å². The Labute approximate surface area is 163 Å². The molecule has 0 bridgehead atoms. The number of amides is 1. The molecule has 28 heavy (non-hydrogen) atoms. The zero-order valence-electron chi connectivity index (χ0n) is 15.3. The quantitative estimate of drug-likeness (QED) is 0.701. The third-order valence-electron chi connectivity index (χ3n) is 4.52. The molecular weight excluding hydrogens is 383 g/mol. The highest BCUT2D eigenvalue weighted by Crippen LogP contribution is 2.24. The number of sulfone groups is 1. The van der Waals surface area contributed by atoms with Crippen molar-refractivity contribution in [1.82, 2.24) is 5.32 Å². The molecule has 6 nitrogen and oxygen atoms in total. The number of nitrogens with zero attached hydrogens (tertiary/aromatic N) is 1. The Morgan fingerprint density at radius 2 is 1.79 bits per heavy atom. The summed E-state index contributed by atoms with van der Waals surface area (Å²) in [7, 11) is -3.54. The van der Waals surface area contributed by atoms with E-state index in [1.807, 2.05) is 6.07 Å². The van der Waals surface area contributed by atoms with Crippen molar-refractivity contribution in [3.8, 4) is 6.07 Å². The molecule has 0 saturated carbocycles. The Kier molecular flexibility index (Phi) is 7.12. The van der Waals surface area contributed by atoms with E-state index in [1.54, 1.807) is 43.3 Å². The minimum atomic E-state index is -3.54. The number of hydrogen-bond donors (Lipinski definition) is 2. The molecule has 148 valence electrons. The van der Waals surface area contributed by atoms with Crippen LogP contribution < -0.4 is 5.32 Å². The summed E-state index contributed by atoms with van der Waals surface area (Å²) in [5.74, 6) is -0.606. The molecule has 2 N–H and O–H groups in total. The Bertz CT molecular complexity index is 951. The molecule has 2 rings (SSSR count). The van der Waals surface area contributed by atoms with Gasteiger partial charge in [-0.3, -0.25) is 0 Å². The maximum absolute atomic E-state index is 13.0. The van der Waals surface area contributed by atoms with E-state index in [1.165, 1.54) is 12.1 Å². The molecule has 2 unspecified atom stereocenters. The van der Waals surface area contributed by atoms with Gasteiger partial charge >= 0.3 is 6.09 Å². The van der Waals surface area contributed by atoms with Crippen LogP contribution in [0.4, 0.5) is 9.18 Å². The summed E-state index contributed by atoms with van der Waals surface area (Å²) in [5, 5.41) is 19.4. The predicted molar refractivity (Wildman–Crippen MR) is 103 cm³/mol. The van der Waals surface area contributed by atoms with Crippen LogP contribution in [0.15, 0.2) is 48.5 Å². The van der Waals surface area contributed by atoms with Gasteiger partial charge in [0.25, 0.3) is 0 Å². The molecule has 0 spiro atoms. The molecule has 2 atom stereocenters. The first-order chi connectivity index (χ1) is 13.2. The fraction of sp³-hybridized carbons (Fsp3) is 0.300. The topological polar surface area (TPSA) is 107 Å². The van der Waals surface area contributed by atoms with Crippen LogP contribution in [0.3, 0.4) is 0 Å². The largest absolute Gasteiger partial charge is 0.465 e. The zero-order valence-corrected chi connectivity index (χ0v) is 16.1. The molecule has 0 aromatic heterocycles. The number of nitriles is 1. The SMILES string of the molecule is CC(c1ccc(C#N)cc1)S(=O)(=O)CCC(Cc1ccc(F)cc1)NC(=O)O. The van der Waals surface area contributed by atoms with Crippen LogP contribution in [0.5, 0.6) is 0 Å². The Morgan fingerprint density at radius 3 is 2.32 bits per heavy atom. The molecule has 1 amide bonds. The number of rotatable bonds is 8.